The Bertz CT molecular complexity index is 1480. The van der Waals surface area contributed by atoms with Crippen LogP contribution in [0.4, 0.5) is 0 Å². The maximum absolute atomic E-state index is 12.5. The summed E-state index contributed by atoms with van der Waals surface area (Å²) in [6, 6.07) is 7.12. The van der Waals surface area contributed by atoms with E-state index >= 15 is 0 Å². The van der Waals surface area contributed by atoms with E-state index < -0.39 is 0 Å². The molecule has 0 bridgehead atoms. The number of benzene rings is 1. The van der Waals surface area contributed by atoms with Crippen LogP contribution in [-0.4, -0.2) is 40.8 Å². The van der Waals surface area contributed by atoms with Crippen molar-refractivity contribution in [1.29, 1.82) is 0 Å². The SMILES string of the molecule is CC(=O)c1nnc2c3c(-c4ccc(Cl)cc4)c4c(=O)[nH]nc4nc3[nH]n2c1C. The highest BCUT2D eigenvalue weighted by Gasteiger charge is 2.22. The quantitative estimate of drug-likeness (QED) is 0.444. The van der Waals surface area contributed by atoms with Gasteiger partial charge in [0.1, 0.15) is 5.69 Å². The summed E-state index contributed by atoms with van der Waals surface area (Å²) in [4.78, 5) is 28.8. The Balaban J connectivity index is 2.02. The van der Waals surface area contributed by atoms with E-state index in [1.807, 2.05) is 12.1 Å². The summed E-state index contributed by atoms with van der Waals surface area (Å²) < 4.78 is 1.65. The van der Waals surface area contributed by atoms with Crippen LogP contribution in [0.25, 0.3) is 38.8 Å². The molecule has 4 aromatic heterocycles. The third-order valence-corrected chi connectivity index (χ3v) is 4.96. The Morgan fingerprint density at radius 3 is 2.61 bits per heavy atom. The van der Waals surface area contributed by atoms with Crippen LogP contribution < -0.4 is 5.56 Å². The second-order valence-electron chi connectivity index (χ2n) is 6.43. The summed E-state index contributed by atoms with van der Waals surface area (Å²) in [5, 5.41) is 19.5. The molecule has 0 aliphatic rings. The molecule has 0 atom stereocenters. The highest BCUT2D eigenvalue weighted by Crippen LogP contribution is 2.35. The van der Waals surface area contributed by atoms with E-state index in [4.69, 9.17) is 11.6 Å². The minimum absolute atomic E-state index is 0.194. The van der Waals surface area contributed by atoms with Gasteiger partial charge in [0.15, 0.2) is 22.7 Å². The third-order valence-electron chi connectivity index (χ3n) is 4.71. The van der Waals surface area contributed by atoms with Gasteiger partial charge in [-0.25, -0.2) is 14.6 Å². The van der Waals surface area contributed by atoms with Gasteiger partial charge in [0, 0.05) is 17.5 Å². The van der Waals surface area contributed by atoms with Crippen molar-refractivity contribution in [3.05, 3.63) is 51.0 Å². The van der Waals surface area contributed by atoms with E-state index in [1.165, 1.54) is 6.92 Å². The zero-order valence-corrected chi connectivity index (χ0v) is 15.5. The van der Waals surface area contributed by atoms with E-state index in [-0.39, 0.29) is 22.7 Å². The van der Waals surface area contributed by atoms with Gasteiger partial charge in [-0.15, -0.1) is 10.2 Å². The number of aromatic amines is 2. The number of fused-ring (bicyclic) bond motifs is 4. The lowest BCUT2D eigenvalue weighted by atomic mass is 10.0. The third kappa shape index (κ3) is 2.20. The van der Waals surface area contributed by atoms with Crippen LogP contribution >= 0.6 is 11.6 Å². The summed E-state index contributed by atoms with van der Waals surface area (Å²) in [5.74, 6) is -0.194. The number of hydrogen-bond acceptors (Lipinski definition) is 6. The number of rotatable bonds is 2. The fraction of sp³-hybridized carbons (Fsp3) is 0.111. The van der Waals surface area contributed by atoms with E-state index in [2.05, 4.69) is 30.5 Å². The first-order valence-electron chi connectivity index (χ1n) is 8.38. The zero-order chi connectivity index (χ0) is 19.6. The lowest BCUT2D eigenvalue weighted by Gasteiger charge is -2.06. The number of aryl methyl sites for hydroxylation is 1. The number of nitrogens with one attached hydrogen (secondary N) is 2. The predicted molar refractivity (Wildman–Crippen MR) is 104 cm³/mol. The minimum Gasteiger partial charge on any atom is -0.293 e. The number of hydrogen-bond donors (Lipinski definition) is 2. The van der Waals surface area contributed by atoms with E-state index in [0.717, 1.165) is 5.56 Å². The number of carbonyl (C=O) groups excluding carboxylic acids is 1. The molecule has 0 unspecified atom stereocenters. The van der Waals surface area contributed by atoms with Crippen LogP contribution in [0.3, 0.4) is 0 Å². The van der Waals surface area contributed by atoms with Crippen molar-refractivity contribution in [3.63, 3.8) is 0 Å². The van der Waals surface area contributed by atoms with Gasteiger partial charge in [0.2, 0.25) is 0 Å². The predicted octanol–water partition coefficient (Wildman–Crippen LogP) is 2.67. The molecule has 9 nitrogen and oxygen atoms in total. The van der Waals surface area contributed by atoms with Crippen molar-refractivity contribution < 1.29 is 4.79 Å². The molecule has 0 saturated carbocycles. The Labute approximate surface area is 161 Å². The standard InChI is InChI=1S/C18H12ClN7O2/c1-7-14(8(2)27)21-23-17-12-11(9-3-5-10(19)6-4-9)13-15(22-24-18(13)28)20-16(12)25-26(7)17/h3-6H,1-2H3,(H,24,28)(H,20,22,25). The summed E-state index contributed by atoms with van der Waals surface area (Å²) in [6.45, 7) is 3.20. The van der Waals surface area contributed by atoms with Crippen LogP contribution in [0.2, 0.25) is 5.02 Å². The molecular weight excluding hydrogens is 382 g/mol. The van der Waals surface area contributed by atoms with E-state index in [0.29, 0.717) is 38.3 Å². The first kappa shape index (κ1) is 16.6. The Morgan fingerprint density at radius 1 is 1.14 bits per heavy atom. The van der Waals surface area contributed by atoms with Gasteiger partial charge in [-0.3, -0.25) is 14.7 Å². The molecule has 2 N–H and O–H groups in total. The molecule has 1 aromatic carbocycles. The second kappa shape index (κ2) is 5.70. The highest BCUT2D eigenvalue weighted by atomic mass is 35.5. The van der Waals surface area contributed by atoms with Crippen molar-refractivity contribution in [1.82, 2.24) is 35.0 Å². The van der Waals surface area contributed by atoms with Crippen molar-refractivity contribution in [2.24, 2.45) is 0 Å². The van der Waals surface area contributed by atoms with Gasteiger partial charge in [-0.2, -0.15) is 5.10 Å². The molecule has 5 rings (SSSR count). The van der Waals surface area contributed by atoms with Crippen LogP contribution in [0.1, 0.15) is 23.1 Å². The average molecular weight is 394 g/mol. The molecule has 10 heteroatoms. The zero-order valence-electron chi connectivity index (χ0n) is 14.7. The van der Waals surface area contributed by atoms with Crippen molar-refractivity contribution in [2.45, 2.75) is 13.8 Å². The molecular formula is C18H12ClN7O2. The number of pyridine rings is 1. The monoisotopic (exact) mass is 393 g/mol. The smallest absolute Gasteiger partial charge is 0.276 e. The molecule has 0 amide bonds. The normalized spacial score (nSPS) is 11.7. The number of ketones is 1. The van der Waals surface area contributed by atoms with Gasteiger partial charge in [-0.05, 0) is 24.6 Å². The molecule has 0 saturated heterocycles. The maximum atomic E-state index is 12.5. The molecule has 0 fully saturated rings. The fourth-order valence-electron chi connectivity index (χ4n) is 3.44. The lowest BCUT2D eigenvalue weighted by molar-refractivity contribution is 0.101. The molecule has 0 aliphatic heterocycles. The number of carbonyl (C=O) groups is 1. The molecule has 0 spiro atoms. The highest BCUT2D eigenvalue weighted by molar-refractivity contribution is 6.30. The Morgan fingerprint density at radius 2 is 1.89 bits per heavy atom. The first-order chi connectivity index (χ1) is 13.5. The Kier molecular flexibility index (Phi) is 3.37. The number of halogens is 1. The van der Waals surface area contributed by atoms with Crippen molar-refractivity contribution >= 4 is 45.1 Å². The minimum atomic E-state index is -0.348. The molecule has 0 aliphatic carbocycles. The van der Waals surface area contributed by atoms with Gasteiger partial charge >= 0.3 is 0 Å². The number of Topliss-reactive ketones (excluding diaryl/α,β-unsaturated/α-hetero) is 1. The summed E-state index contributed by atoms with van der Waals surface area (Å²) in [6.07, 6.45) is 0. The topological polar surface area (TPSA) is 122 Å². The number of H-pyrrole nitrogens is 2. The summed E-state index contributed by atoms with van der Waals surface area (Å²) in [7, 11) is 0. The summed E-state index contributed by atoms with van der Waals surface area (Å²) in [5.41, 5.74) is 3.10. The summed E-state index contributed by atoms with van der Waals surface area (Å²) >= 11 is 6.03. The van der Waals surface area contributed by atoms with E-state index in [1.54, 1.807) is 23.6 Å². The van der Waals surface area contributed by atoms with Gasteiger partial charge < -0.3 is 0 Å². The largest absolute Gasteiger partial charge is 0.293 e. The van der Waals surface area contributed by atoms with Crippen LogP contribution in [0, 0.1) is 6.92 Å². The maximum Gasteiger partial charge on any atom is 0.276 e. The number of nitrogens with zero attached hydrogens (tertiary/aromatic N) is 5. The van der Waals surface area contributed by atoms with Crippen molar-refractivity contribution in [3.8, 4) is 11.1 Å². The molecule has 5 aromatic rings. The molecule has 4 heterocycles. The van der Waals surface area contributed by atoms with Crippen LogP contribution in [0.15, 0.2) is 29.1 Å². The first-order valence-corrected chi connectivity index (χ1v) is 8.76. The van der Waals surface area contributed by atoms with E-state index in [9.17, 15) is 9.59 Å². The Hall–Kier alpha value is -3.59. The van der Waals surface area contributed by atoms with Crippen LogP contribution in [-0.2, 0) is 0 Å². The lowest BCUT2D eigenvalue weighted by Crippen LogP contribution is -2.08. The second-order valence-corrected chi connectivity index (χ2v) is 6.87. The van der Waals surface area contributed by atoms with Gasteiger partial charge in [-0.1, -0.05) is 23.7 Å². The van der Waals surface area contributed by atoms with Gasteiger partial charge in [0.25, 0.3) is 5.56 Å². The molecule has 138 valence electrons. The average Bonchev–Trinajstić information content (AvgIpc) is 3.22. The molecule has 0 radical (unpaired) electrons. The molecule has 28 heavy (non-hydrogen) atoms. The van der Waals surface area contributed by atoms with Crippen LogP contribution in [0.5, 0.6) is 0 Å². The van der Waals surface area contributed by atoms with Crippen molar-refractivity contribution in [2.75, 3.05) is 0 Å². The fourth-order valence-corrected chi connectivity index (χ4v) is 3.57. The van der Waals surface area contributed by atoms with Gasteiger partial charge in [0.05, 0.1) is 16.5 Å². The number of aromatic nitrogens is 7.